The number of Topliss-reactive ketones (excluding diaryl/α,β-unsaturated/α-hetero) is 1. The molecule has 1 N–H and O–H groups in total. The van der Waals surface area contributed by atoms with Crippen LogP contribution in [0.4, 0.5) is 5.95 Å². The predicted octanol–water partition coefficient (Wildman–Crippen LogP) is 4.85. The molecule has 2 aliphatic rings. The lowest BCUT2D eigenvalue weighted by Crippen LogP contribution is -2.36. The number of hydrogen-bond donors (Lipinski definition) is 1. The summed E-state index contributed by atoms with van der Waals surface area (Å²) >= 11 is 6.32. The Bertz CT molecular complexity index is 1120. The van der Waals surface area contributed by atoms with E-state index in [9.17, 15) is 4.79 Å². The average Bonchev–Trinajstić information content (AvgIpc) is 3.28. The number of halogens is 1. The Balaban J connectivity index is 1.64. The van der Waals surface area contributed by atoms with Crippen molar-refractivity contribution in [2.24, 2.45) is 5.41 Å². The van der Waals surface area contributed by atoms with Crippen molar-refractivity contribution in [3.05, 3.63) is 64.8 Å². The van der Waals surface area contributed by atoms with Crippen molar-refractivity contribution < 1.29 is 9.21 Å². The van der Waals surface area contributed by atoms with Crippen LogP contribution in [0.15, 0.2) is 58.4 Å². The van der Waals surface area contributed by atoms with Gasteiger partial charge in [-0.2, -0.15) is 10.1 Å². The van der Waals surface area contributed by atoms with Crippen LogP contribution < -0.4 is 5.32 Å². The summed E-state index contributed by atoms with van der Waals surface area (Å²) in [6.07, 6.45) is 2.75. The van der Waals surface area contributed by atoms with Gasteiger partial charge in [0, 0.05) is 23.3 Å². The number of hydrogen-bond acceptors (Lipinski definition) is 5. The minimum Gasteiger partial charge on any atom is -0.458 e. The molecule has 0 spiro atoms. The van der Waals surface area contributed by atoms with Crippen molar-refractivity contribution in [2.75, 3.05) is 5.32 Å². The van der Waals surface area contributed by atoms with E-state index in [1.807, 2.05) is 36.4 Å². The van der Waals surface area contributed by atoms with E-state index in [-0.39, 0.29) is 11.2 Å². The number of aromatic nitrogens is 3. The van der Waals surface area contributed by atoms with E-state index in [1.54, 1.807) is 4.68 Å². The summed E-state index contributed by atoms with van der Waals surface area (Å²) in [5.41, 5.74) is 2.33. The molecule has 1 aliphatic heterocycles. The second-order valence-electron chi connectivity index (χ2n) is 8.07. The summed E-state index contributed by atoms with van der Waals surface area (Å²) in [6.45, 7) is 4.21. The number of nitrogens with one attached hydrogen (secondary N) is 1. The Morgan fingerprint density at radius 2 is 2.04 bits per heavy atom. The molecule has 5 rings (SSSR count). The van der Waals surface area contributed by atoms with Gasteiger partial charge < -0.3 is 9.73 Å². The molecule has 2 aromatic heterocycles. The Hall–Kier alpha value is -2.86. The molecule has 1 aliphatic carbocycles. The van der Waals surface area contributed by atoms with Crippen LogP contribution in [0, 0.1) is 5.41 Å². The summed E-state index contributed by atoms with van der Waals surface area (Å²) in [5.74, 6) is 2.03. The van der Waals surface area contributed by atoms with Crippen molar-refractivity contribution in [3.8, 4) is 11.3 Å². The van der Waals surface area contributed by atoms with Crippen LogP contribution in [-0.4, -0.2) is 20.5 Å². The number of benzene rings is 1. The molecule has 6 nitrogen and oxygen atoms in total. The first-order valence-corrected chi connectivity index (χ1v) is 9.58. The topological polar surface area (TPSA) is 73.0 Å². The first-order chi connectivity index (χ1) is 13.4. The lowest BCUT2D eigenvalue weighted by Gasteiger charge is -2.37. The van der Waals surface area contributed by atoms with Crippen LogP contribution in [-0.2, 0) is 4.79 Å². The highest BCUT2D eigenvalue weighted by molar-refractivity contribution is 6.33. The van der Waals surface area contributed by atoms with Gasteiger partial charge >= 0.3 is 0 Å². The van der Waals surface area contributed by atoms with Gasteiger partial charge in [-0.1, -0.05) is 37.6 Å². The van der Waals surface area contributed by atoms with Gasteiger partial charge in [-0.15, -0.1) is 0 Å². The second-order valence-corrected chi connectivity index (χ2v) is 8.48. The maximum Gasteiger partial charge on any atom is 0.226 e. The molecule has 7 heteroatoms. The fourth-order valence-corrected chi connectivity index (χ4v) is 4.35. The first-order valence-electron chi connectivity index (χ1n) is 9.20. The van der Waals surface area contributed by atoms with Gasteiger partial charge in [0.1, 0.15) is 23.9 Å². The molecule has 28 heavy (non-hydrogen) atoms. The molecular weight excluding hydrogens is 376 g/mol. The van der Waals surface area contributed by atoms with Crippen LogP contribution >= 0.6 is 11.6 Å². The fraction of sp³-hybridized carbons (Fsp3) is 0.286. The van der Waals surface area contributed by atoms with Crippen molar-refractivity contribution in [1.82, 2.24) is 14.8 Å². The predicted molar refractivity (Wildman–Crippen MR) is 106 cm³/mol. The molecule has 0 amide bonds. The maximum atomic E-state index is 13.1. The molecule has 0 saturated heterocycles. The number of rotatable bonds is 2. The Kier molecular flexibility index (Phi) is 3.74. The molecule has 3 aromatic rings. The van der Waals surface area contributed by atoms with Gasteiger partial charge in [-0.05, 0) is 36.1 Å². The van der Waals surface area contributed by atoms with Gasteiger partial charge in [0.15, 0.2) is 5.78 Å². The molecule has 0 saturated carbocycles. The minimum atomic E-state index is -0.436. The molecule has 0 radical (unpaired) electrons. The SMILES string of the molecule is CC1(C)CC(=O)C2=C(C1)Nc1ncnn1[C@H]2c1ccc(-c2ccccc2Cl)o1. The number of allylic oxidation sites excluding steroid dienone is 2. The van der Waals surface area contributed by atoms with Crippen molar-refractivity contribution in [1.29, 1.82) is 0 Å². The van der Waals surface area contributed by atoms with E-state index in [4.69, 9.17) is 16.0 Å². The van der Waals surface area contributed by atoms with Crippen molar-refractivity contribution >= 4 is 23.3 Å². The lowest BCUT2D eigenvalue weighted by molar-refractivity contribution is -0.118. The molecule has 142 valence electrons. The smallest absolute Gasteiger partial charge is 0.226 e. The van der Waals surface area contributed by atoms with E-state index in [2.05, 4.69) is 29.2 Å². The van der Waals surface area contributed by atoms with Gasteiger partial charge in [0.05, 0.1) is 5.02 Å². The summed E-state index contributed by atoms with van der Waals surface area (Å²) < 4.78 is 7.89. The number of carbonyl (C=O) groups excluding carboxylic acids is 1. The van der Waals surface area contributed by atoms with E-state index >= 15 is 0 Å². The number of carbonyl (C=O) groups is 1. The van der Waals surface area contributed by atoms with Crippen LogP contribution in [0.1, 0.15) is 38.5 Å². The summed E-state index contributed by atoms with van der Waals surface area (Å²) in [7, 11) is 0. The molecule has 1 atom stereocenters. The van der Waals surface area contributed by atoms with E-state index < -0.39 is 6.04 Å². The van der Waals surface area contributed by atoms with Gasteiger partial charge in [-0.3, -0.25) is 4.79 Å². The van der Waals surface area contributed by atoms with E-state index in [1.165, 1.54) is 6.33 Å². The number of furan rings is 1. The van der Waals surface area contributed by atoms with Gasteiger partial charge in [-0.25, -0.2) is 4.68 Å². The third-order valence-corrected chi connectivity index (χ3v) is 5.64. The largest absolute Gasteiger partial charge is 0.458 e. The Morgan fingerprint density at radius 3 is 2.86 bits per heavy atom. The zero-order chi connectivity index (χ0) is 19.5. The summed E-state index contributed by atoms with van der Waals surface area (Å²) in [6, 6.07) is 10.9. The quantitative estimate of drug-likeness (QED) is 0.672. The van der Waals surface area contributed by atoms with Crippen LogP contribution in [0.5, 0.6) is 0 Å². The van der Waals surface area contributed by atoms with E-state index in [0.717, 1.165) is 17.7 Å². The Labute approximate surface area is 167 Å². The van der Waals surface area contributed by atoms with Crippen LogP contribution in [0.3, 0.4) is 0 Å². The normalized spacial score (nSPS) is 20.5. The Morgan fingerprint density at radius 1 is 1.21 bits per heavy atom. The highest BCUT2D eigenvalue weighted by atomic mass is 35.5. The first kappa shape index (κ1) is 17.3. The number of ketones is 1. The average molecular weight is 395 g/mol. The summed E-state index contributed by atoms with van der Waals surface area (Å²) in [5, 5.41) is 8.26. The molecule has 1 aromatic carbocycles. The minimum absolute atomic E-state index is 0.0957. The molecule has 0 bridgehead atoms. The second kappa shape index (κ2) is 6.07. The van der Waals surface area contributed by atoms with E-state index in [0.29, 0.717) is 34.5 Å². The lowest BCUT2D eigenvalue weighted by atomic mass is 9.73. The highest BCUT2D eigenvalue weighted by Gasteiger charge is 2.42. The number of nitrogens with zero attached hydrogens (tertiary/aromatic N) is 3. The standard InChI is InChI=1S/C21H19ClN4O2/c1-21(2)9-14-18(15(27)10-21)19(26-20(25-14)23-11-24-26)17-8-7-16(28-17)12-5-3-4-6-13(12)22/h3-8,11,19H,9-10H2,1-2H3,(H,23,24,25)/t19-/m0/s1. The molecular formula is C21H19ClN4O2. The number of fused-ring (bicyclic) bond motifs is 1. The zero-order valence-electron chi connectivity index (χ0n) is 15.6. The number of anilines is 1. The highest BCUT2D eigenvalue weighted by Crippen LogP contribution is 2.46. The van der Waals surface area contributed by atoms with Crippen LogP contribution in [0.2, 0.25) is 5.02 Å². The third kappa shape index (κ3) is 2.67. The maximum absolute atomic E-state index is 13.1. The zero-order valence-corrected chi connectivity index (χ0v) is 16.3. The summed E-state index contributed by atoms with van der Waals surface area (Å²) in [4.78, 5) is 17.4. The van der Waals surface area contributed by atoms with Crippen LogP contribution in [0.25, 0.3) is 11.3 Å². The third-order valence-electron chi connectivity index (χ3n) is 5.31. The van der Waals surface area contributed by atoms with Crippen molar-refractivity contribution in [2.45, 2.75) is 32.7 Å². The molecule has 3 heterocycles. The molecule has 0 unspecified atom stereocenters. The van der Waals surface area contributed by atoms with Crippen molar-refractivity contribution in [3.63, 3.8) is 0 Å². The van der Waals surface area contributed by atoms with Gasteiger partial charge in [0.25, 0.3) is 0 Å². The molecule has 0 fully saturated rings. The monoisotopic (exact) mass is 394 g/mol. The fourth-order valence-electron chi connectivity index (χ4n) is 4.12. The van der Waals surface area contributed by atoms with Gasteiger partial charge in [0.2, 0.25) is 5.95 Å².